The molecule has 0 spiro atoms. The van der Waals surface area contributed by atoms with Gasteiger partial charge in [-0.05, 0) is 36.5 Å². The van der Waals surface area contributed by atoms with Crippen LogP contribution >= 0.6 is 11.3 Å². The molecule has 1 fully saturated rings. The monoisotopic (exact) mass is 364 g/mol. The van der Waals surface area contributed by atoms with Crippen LogP contribution in [0.4, 0.5) is 5.13 Å². The van der Waals surface area contributed by atoms with Gasteiger partial charge in [-0.3, -0.25) is 4.79 Å². The van der Waals surface area contributed by atoms with Gasteiger partial charge >= 0.3 is 5.97 Å². The zero-order valence-electron chi connectivity index (χ0n) is 15.7. The fourth-order valence-electron chi connectivity index (χ4n) is 3.49. The Kier molecular flexibility index (Phi) is 6.38. The third-order valence-corrected chi connectivity index (χ3v) is 5.77. The van der Waals surface area contributed by atoms with E-state index < -0.39 is 0 Å². The summed E-state index contributed by atoms with van der Waals surface area (Å²) in [5.74, 6) is 0.668. The van der Waals surface area contributed by atoms with E-state index in [0.29, 0.717) is 11.0 Å². The predicted octanol–water partition coefficient (Wildman–Crippen LogP) is 4.38. The topological polar surface area (TPSA) is 68.3 Å². The number of hydrogen-bond donors (Lipinski definition) is 1. The number of anilines is 1. The molecule has 0 aliphatic heterocycles. The number of allylic oxidation sites excluding steroid dienone is 1. The number of ether oxygens (including phenoxy) is 1. The van der Waals surface area contributed by atoms with E-state index in [0.717, 1.165) is 25.0 Å². The maximum atomic E-state index is 11.5. The van der Waals surface area contributed by atoms with Gasteiger partial charge in [0.2, 0.25) is 5.91 Å². The first-order valence-electron chi connectivity index (χ1n) is 8.70. The van der Waals surface area contributed by atoms with Crippen LogP contribution in [-0.2, 0) is 14.3 Å². The second kappa shape index (κ2) is 8.13. The molecule has 1 aliphatic carbocycles. The molecule has 1 aromatic heterocycles. The SMILES string of the molecule is COC(=O)/C=C\C1CC[C@H](C(C)(C)C)C[C@H]1c1csc(NC(C)=O)n1. The summed E-state index contributed by atoms with van der Waals surface area (Å²) in [6, 6.07) is 0. The maximum absolute atomic E-state index is 11.5. The number of methoxy groups -OCH3 is 1. The standard InChI is InChI=1S/C19H28N2O3S/c1-12(22)20-18-21-16(11-25-18)15-10-14(19(2,3)4)8-6-13(15)7-9-17(23)24-5/h7,9,11,13-15H,6,8,10H2,1-5H3,(H,20,21,22)/b9-7-/t13?,14-,15+/m0/s1. The smallest absolute Gasteiger partial charge is 0.330 e. The van der Waals surface area contributed by atoms with Gasteiger partial charge in [-0.15, -0.1) is 11.3 Å². The number of aromatic nitrogens is 1. The Morgan fingerprint density at radius 1 is 1.36 bits per heavy atom. The van der Waals surface area contributed by atoms with Crippen molar-refractivity contribution < 1.29 is 14.3 Å². The first-order valence-corrected chi connectivity index (χ1v) is 9.58. The highest BCUT2D eigenvalue weighted by atomic mass is 32.1. The summed E-state index contributed by atoms with van der Waals surface area (Å²) in [5, 5.41) is 5.42. The molecule has 1 aromatic rings. The number of carbonyl (C=O) groups excluding carboxylic acids is 2. The van der Waals surface area contributed by atoms with Crippen molar-refractivity contribution in [2.45, 2.75) is 52.9 Å². The van der Waals surface area contributed by atoms with Crippen molar-refractivity contribution >= 4 is 28.3 Å². The molecule has 6 heteroatoms. The van der Waals surface area contributed by atoms with E-state index >= 15 is 0 Å². The van der Waals surface area contributed by atoms with Gasteiger partial charge in [0, 0.05) is 24.3 Å². The molecule has 25 heavy (non-hydrogen) atoms. The lowest BCUT2D eigenvalue weighted by atomic mass is 9.65. The van der Waals surface area contributed by atoms with Crippen molar-refractivity contribution in [2.24, 2.45) is 17.3 Å². The van der Waals surface area contributed by atoms with Crippen LogP contribution in [0.5, 0.6) is 0 Å². The summed E-state index contributed by atoms with van der Waals surface area (Å²) in [6.07, 6.45) is 6.68. The third kappa shape index (κ3) is 5.39. The fraction of sp³-hybridized carbons (Fsp3) is 0.632. The Bertz CT molecular complexity index is 645. The van der Waals surface area contributed by atoms with Gasteiger partial charge in [0.25, 0.3) is 0 Å². The van der Waals surface area contributed by atoms with Crippen LogP contribution in [0.1, 0.15) is 58.6 Å². The number of amides is 1. The van der Waals surface area contributed by atoms with E-state index in [2.05, 4.69) is 31.1 Å². The molecular formula is C19H28N2O3S. The number of rotatable bonds is 4. The van der Waals surface area contributed by atoms with E-state index in [4.69, 9.17) is 4.74 Å². The number of esters is 1. The zero-order valence-corrected chi connectivity index (χ0v) is 16.5. The van der Waals surface area contributed by atoms with Crippen LogP contribution in [0.3, 0.4) is 0 Å². The molecule has 1 N–H and O–H groups in total. The maximum Gasteiger partial charge on any atom is 0.330 e. The van der Waals surface area contributed by atoms with Crippen molar-refractivity contribution in [1.29, 1.82) is 0 Å². The minimum atomic E-state index is -0.325. The molecule has 0 bridgehead atoms. The number of carbonyl (C=O) groups is 2. The van der Waals surface area contributed by atoms with Crippen molar-refractivity contribution in [2.75, 3.05) is 12.4 Å². The molecule has 2 rings (SSSR count). The summed E-state index contributed by atoms with van der Waals surface area (Å²) < 4.78 is 4.72. The molecule has 1 heterocycles. The minimum absolute atomic E-state index is 0.112. The number of thiazole rings is 1. The van der Waals surface area contributed by atoms with Crippen LogP contribution in [0.25, 0.3) is 0 Å². The Balaban J connectivity index is 2.24. The molecule has 5 nitrogen and oxygen atoms in total. The summed E-state index contributed by atoms with van der Waals surface area (Å²) in [4.78, 5) is 27.4. The average Bonchev–Trinajstić information content (AvgIpc) is 2.99. The van der Waals surface area contributed by atoms with Gasteiger partial charge in [-0.2, -0.15) is 0 Å². The van der Waals surface area contributed by atoms with E-state index in [1.54, 1.807) is 0 Å². The number of hydrogen-bond acceptors (Lipinski definition) is 5. The Hall–Kier alpha value is -1.69. The van der Waals surface area contributed by atoms with Gasteiger partial charge in [0.1, 0.15) is 0 Å². The van der Waals surface area contributed by atoms with Crippen LogP contribution in [0.15, 0.2) is 17.5 Å². The fourth-order valence-corrected chi connectivity index (χ4v) is 4.31. The molecular weight excluding hydrogens is 336 g/mol. The minimum Gasteiger partial charge on any atom is -0.466 e. The highest BCUT2D eigenvalue weighted by Gasteiger charge is 2.36. The van der Waals surface area contributed by atoms with Crippen LogP contribution in [0.2, 0.25) is 0 Å². The van der Waals surface area contributed by atoms with E-state index in [9.17, 15) is 9.59 Å². The molecule has 1 aliphatic rings. The molecule has 1 saturated carbocycles. The quantitative estimate of drug-likeness (QED) is 0.636. The van der Waals surface area contributed by atoms with Gasteiger partial charge in [-0.1, -0.05) is 26.8 Å². The van der Waals surface area contributed by atoms with Gasteiger partial charge in [0.05, 0.1) is 12.8 Å². The zero-order chi connectivity index (χ0) is 18.6. The second-order valence-corrected chi connectivity index (χ2v) is 8.65. The summed E-state index contributed by atoms with van der Waals surface area (Å²) in [5.41, 5.74) is 1.24. The van der Waals surface area contributed by atoms with Crippen LogP contribution in [-0.4, -0.2) is 24.0 Å². The third-order valence-electron chi connectivity index (χ3n) is 4.99. The lowest BCUT2D eigenvalue weighted by Gasteiger charge is -2.40. The molecule has 0 radical (unpaired) electrons. The van der Waals surface area contributed by atoms with Gasteiger partial charge in [0.15, 0.2) is 5.13 Å². The van der Waals surface area contributed by atoms with Crippen molar-refractivity contribution in [3.05, 3.63) is 23.2 Å². The first kappa shape index (κ1) is 19.6. The lowest BCUT2D eigenvalue weighted by molar-refractivity contribution is -0.134. The van der Waals surface area contributed by atoms with E-state index in [1.807, 2.05) is 11.5 Å². The first-order chi connectivity index (χ1) is 11.7. The Morgan fingerprint density at radius 2 is 2.08 bits per heavy atom. The van der Waals surface area contributed by atoms with E-state index in [-0.39, 0.29) is 29.1 Å². The molecule has 0 saturated heterocycles. The average molecular weight is 365 g/mol. The van der Waals surface area contributed by atoms with E-state index in [1.165, 1.54) is 31.4 Å². The van der Waals surface area contributed by atoms with Crippen LogP contribution in [0, 0.1) is 17.3 Å². The molecule has 1 amide bonds. The summed E-state index contributed by atoms with van der Waals surface area (Å²) >= 11 is 1.45. The highest BCUT2D eigenvalue weighted by Crippen LogP contribution is 2.47. The molecule has 3 atom stereocenters. The molecule has 0 aromatic carbocycles. The van der Waals surface area contributed by atoms with Crippen LogP contribution < -0.4 is 5.32 Å². The van der Waals surface area contributed by atoms with Gasteiger partial charge < -0.3 is 10.1 Å². The van der Waals surface area contributed by atoms with Crippen molar-refractivity contribution in [3.63, 3.8) is 0 Å². The molecule has 1 unspecified atom stereocenters. The molecule has 138 valence electrons. The Morgan fingerprint density at radius 3 is 2.68 bits per heavy atom. The lowest BCUT2D eigenvalue weighted by Crippen LogP contribution is -2.30. The second-order valence-electron chi connectivity index (χ2n) is 7.79. The Labute approximate surface area is 153 Å². The number of nitrogens with zero attached hydrogens (tertiary/aromatic N) is 1. The largest absolute Gasteiger partial charge is 0.466 e. The van der Waals surface area contributed by atoms with Gasteiger partial charge in [-0.25, -0.2) is 9.78 Å². The van der Waals surface area contributed by atoms with Crippen molar-refractivity contribution in [1.82, 2.24) is 4.98 Å². The summed E-state index contributed by atoms with van der Waals surface area (Å²) in [7, 11) is 1.39. The summed E-state index contributed by atoms with van der Waals surface area (Å²) in [6.45, 7) is 8.33. The number of nitrogens with one attached hydrogen (secondary N) is 1. The normalized spacial score (nSPS) is 24.3. The highest BCUT2D eigenvalue weighted by molar-refractivity contribution is 7.13. The predicted molar refractivity (Wildman–Crippen MR) is 101 cm³/mol. The van der Waals surface area contributed by atoms with Crippen molar-refractivity contribution in [3.8, 4) is 0 Å².